The second kappa shape index (κ2) is 10.6. The summed E-state index contributed by atoms with van der Waals surface area (Å²) in [6.07, 6.45) is 12.4. The molecule has 0 unspecified atom stereocenters. The lowest BCUT2D eigenvalue weighted by Gasteiger charge is -2.46. The van der Waals surface area contributed by atoms with Gasteiger partial charge in [0.25, 0.3) is 5.91 Å². The quantitative estimate of drug-likeness (QED) is 0.581. The summed E-state index contributed by atoms with van der Waals surface area (Å²) in [5, 5.41) is 4.15. The highest BCUT2D eigenvalue weighted by atomic mass is 16.2. The number of anilines is 2. The van der Waals surface area contributed by atoms with Crippen LogP contribution in [-0.4, -0.2) is 50.5 Å². The number of aromatic nitrogens is 3. The van der Waals surface area contributed by atoms with Crippen molar-refractivity contribution in [2.45, 2.75) is 64.3 Å². The Morgan fingerprint density at radius 2 is 2.00 bits per heavy atom. The van der Waals surface area contributed by atoms with Gasteiger partial charge in [-0.15, -0.1) is 0 Å². The van der Waals surface area contributed by atoms with Gasteiger partial charge in [0, 0.05) is 32.9 Å². The summed E-state index contributed by atoms with van der Waals surface area (Å²) in [5.74, 6) is -0.336. The number of likely N-dealkylation sites (tertiary alicyclic amines) is 1. The number of aryl methyl sites for hydroxylation is 1. The molecule has 9 nitrogen and oxygen atoms in total. The average molecular weight is 481 g/mol. The van der Waals surface area contributed by atoms with Crippen molar-refractivity contribution in [3.05, 3.63) is 36.3 Å². The zero-order valence-electron chi connectivity index (χ0n) is 20.9. The van der Waals surface area contributed by atoms with Crippen LogP contribution in [0.4, 0.5) is 11.5 Å². The first-order valence-corrected chi connectivity index (χ1v) is 12.6. The highest BCUT2D eigenvalue weighted by molar-refractivity contribution is 6.12. The lowest BCUT2D eigenvalue weighted by Crippen LogP contribution is -2.69. The normalized spacial score (nSPS) is 21.5. The Balaban J connectivity index is 1.56. The van der Waals surface area contributed by atoms with Gasteiger partial charge in [0.15, 0.2) is 0 Å². The second-order valence-corrected chi connectivity index (χ2v) is 9.99. The molecule has 2 fully saturated rings. The molecule has 2 aromatic rings. The number of β-lactam (4-membered cyclic amide) rings is 1. The van der Waals surface area contributed by atoms with E-state index in [1.165, 1.54) is 29.1 Å². The molecule has 4 rings (SSSR count). The number of hydrogen-bond donors (Lipinski definition) is 1. The van der Waals surface area contributed by atoms with Gasteiger partial charge in [-0.3, -0.25) is 24.0 Å². The molecule has 188 valence electrons. The van der Waals surface area contributed by atoms with E-state index in [4.69, 9.17) is 5.73 Å². The second-order valence-electron chi connectivity index (χ2n) is 9.99. The largest absolute Gasteiger partial charge is 0.384 e. The zero-order valence-corrected chi connectivity index (χ0v) is 20.9. The van der Waals surface area contributed by atoms with Crippen molar-refractivity contribution >= 4 is 29.2 Å². The molecule has 3 heterocycles. The Bertz CT molecular complexity index is 1080. The summed E-state index contributed by atoms with van der Waals surface area (Å²) in [6, 6.07) is 2.65. The van der Waals surface area contributed by atoms with Gasteiger partial charge < -0.3 is 10.6 Å². The van der Waals surface area contributed by atoms with Crippen LogP contribution in [0.25, 0.3) is 0 Å². The van der Waals surface area contributed by atoms with E-state index in [-0.39, 0.29) is 23.6 Å². The monoisotopic (exact) mass is 480 g/mol. The van der Waals surface area contributed by atoms with Gasteiger partial charge in [-0.05, 0) is 36.0 Å². The van der Waals surface area contributed by atoms with E-state index in [9.17, 15) is 14.4 Å². The standard InChI is InChI=1S/C26H36N6O3/c1-4-18(19-8-6-5-7-9-19)14-23(33)32-24(26(35)31(3)20-15-29-30(2)16-20)21(25(32)34)12-17-10-11-28-22(27)13-17/h10-11,13,15-16,18-19,21,24H,4-9,12,14H2,1-3H3,(H2,27,28)/t18-,21+,24-/m0/s1. The number of nitrogen functional groups attached to an aromatic ring is 1. The predicted octanol–water partition coefficient (Wildman–Crippen LogP) is 2.95. The third-order valence-electron chi connectivity index (χ3n) is 7.72. The van der Waals surface area contributed by atoms with Crippen LogP contribution < -0.4 is 10.6 Å². The maximum Gasteiger partial charge on any atom is 0.250 e. The van der Waals surface area contributed by atoms with Crippen molar-refractivity contribution in [1.82, 2.24) is 19.7 Å². The van der Waals surface area contributed by atoms with Gasteiger partial charge >= 0.3 is 0 Å². The Hall–Kier alpha value is -3.23. The van der Waals surface area contributed by atoms with Gasteiger partial charge in [-0.25, -0.2) is 4.98 Å². The van der Waals surface area contributed by atoms with Gasteiger partial charge in [-0.1, -0.05) is 45.4 Å². The molecule has 0 aromatic carbocycles. The smallest absolute Gasteiger partial charge is 0.250 e. The fourth-order valence-electron chi connectivity index (χ4n) is 5.66. The molecule has 3 amide bonds. The molecule has 2 aromatic heterocycles. The van der Waals surface area contributed by atoms with Gasteiger partial charge in [0.2, 0.25) is 11.8 Å². The lowest BCUT2D eigenvalue weighted by molar-refractivity contribution is -0.171. The first-order chi connectivity index (χ1) is 16.8. The molecule has 0 spiro atoms. The van der Waals surface area contributed by atoms with Crippen LogP contribution in [0.1, 0.15) is 57.4 Å². The fraction of sp³-hybridized carbons (Fsp3) is 0.577. The number of likely N-dealkylation sites (N-methyl/N-ethyl adjacent to an activating group) is 1. The number of carbonyl (C=O) groups is 3. The summed E-state index contributed by atoms with van der Waals surface area (Å²) in [6.45, 7) is 2.11. The average Bonchev–Trinajstić information content (AvgIpc) is 3.29. The predicted molar refractivity (Wildman–Crippen MR) is 133 cm³/mol. The van der Waals surface area contributed by atoms with E-state index in [1.807, 2.05) is 0 Å². The van der Waals surface area contributed by atoms with Crippen LogP contribution >= 0.6 is 0 Å². The fourth-order valence-corrected chi connectivity index (χ4v) is 5.66. The van der Waals surface area contributed by atoms with Crippen LogP contribution in [0.5, 0.6) is 0 Å². The topological polar surface area (TPSA) is 114 Å². The molecule has 0 radical (unpaired) electrons. The first kappa shape index (κ1) is 24.9. The molecule has 1 saturated carbocycles. The van der Waals surface area contributed by atoms with Crippen LogP contribution in [0.3, 0.4) is 0 Å². The number of pyridine rings is 1. The van der Waals surface area contributed by atoms with Gasteiger partial charge in [0.1, 0.15) is 11.9 Å². The number of nitrogens with zero attached hydrogens (tertiary/aromatic N) is 5. The van der Waals surface area contributed by atoms with Crippen molar-refractivity contribution in [3.8, 4) is 0 Å². The summed E-state index contributed by atoms with van der Waals surface area (Å²) in [7, 11) is 3.43. The van der Waals surface area contributed by atoms with Crippen LogP contribution in [0, 0.1) is 17.8 Å². The van der Waals surface area contributed by atoms with E-state index in [0.717, 1.165) is 24.8 Å². The number of nitrogens with two attached hydrogens (primary N) is 1. The van der Waals surface area contributed by atoms with E-state index in [2.05, 4.69) is 17.0 Å². The van der Waals surface area contributed by atoms with Crippen molar-refractivity contribution < 1.29 is 14.4 Å². The number of rotatable bonds is 8. The molecular weight excluding hydrogens is 444 g/mol. The Kier molecular flexibility index (Phi) is 7.52. The number of hydrogen-bond acceptors (Lipinski definition) is 6. The molecule has 1 aliphatic carbocycles. The molecule has 2 N–H and O–H groups in total. The van der Waals surface area contributed by atoms with Crippen LogP contribution in [0.2, 0.25) is 0 Å². The summed E-state index contributed by atoms with van der Waals surface area (Å²) >= 11 is 0. The Morgan fingerprint density at radius 1 is 1.26 bits per heavy atom. The molecule has 1 saturated heterocycles. The molecule has 1 aliphatic heterocycles. The molecule has 9 heteroatoms. The molecule has 3 atom stereocenters. The first-order valence-electron chi connectivity index (χ1n) is 12.6. The molecule has 2 aliphatic rings. The maximum absolute atomic E-state index is 13.6. The molecule has 35 heavy (non-hydrogen) atoms. The minimum absolute atomic E-state index is 0.237. The zero-order chi connectivity index (χ0) is 25.1. The third kappa shape index (κ3) is 5.23. The van der Waals surface area contributed by atoms with Gasteiger partial charge in [-0.2, -0.15) is 5.10 Å². The van der Waals surface area contributed by atoms with E-state index < -0.39 is 12.0 Å². The minimum Gasteiger partial charge on any atom is -0.384 e. The number of imide groups is 1. The van der Waals surface area contributed by atoms with E-state index in [1.54, 1.807) is 49.5 Å². The van der Waals surface area contributed by atoms with Crippen molar-refractivity contribution in [1.29, 1.82) is 0 Å². The summed E-state index contributed by atoms with van der Waals surface area (Å²) < 4.78 is 1.61. The van der Waals surface area contributed by atoms with Gasteiger partial charge in [0.05, 0.1) is 17.8 Å². The van der Waals surface area contributed by atoms with Crippen LogP contribution in [0.15, 0.2) is 30.7 Å². The molecule has 0 bridgehead atoms. The highest BCUT2D eigenvalue weighted by Gasteiger charge is 2.55. The molecular formula is C26H36N6O3. The minimum atomic E-state index is -0.849. The third-order valence-corrected chi connectivity index (χ3v) is 7.72. The summed E-state index contributed by atoms with van der Waals surface area (Å²) in [5.41, 5.74) is 7.25. The SMILES string of the molecule is CC[C@@H](CC(=O)N1C(=O)[C@H](Cc2ccnc(N)c2)[C@H]1C(=O)N(C)c1cnn(C)c1)C1CCCCC1. The van der Waals surface area contributed by atoms with Crippen molar-refractivity contribution in [2.24, 2.45) is 24.8 Å². The van der Waals surface area contributed by atoms with E-state index >= 15 is 0 Å². The van der Waals surface area contributed by atoms with Crippen molar-refractivity contribution in [2.75, 3.05) is 17.7 Å². The highest BCUT2D eigenvalue weighted by Crippen LogP contribution is 2.37. The van der Waals surface area contributed by atoms with E-state index in [0.29, 0.717) is 30.3 Å². The number of carbonyl (C=O) groups excluding carboxylic acids is 3. The maximum atomic E-state index is 13.6. The lowest BCUT2D eigenvalue weighted by atomic mass is 9.76. The number of amides is 3. The van der Waals surface area contributed by atoms with Crippen molar-refractivity contribution in [3.63, 3.8) is 0 Å². The Labute approximate surface area is 206 Å². The van der Waals surface area contributed by atoms with Crippen LogP contribution in [-0.2, 0) is 27.9 Å². The summed E-state index contributed by atoms with van der Waals surface area (Å²) in [4.78, 5) is 47.1. The Morgan fingerprint density at radius 3 is 2.63 bits per heavy atom.